The van der Waals surface area contributed by atoms with Gasteiger partial charge in [0.1, 0.15) is 0 Å². The summed E-state index contributed by atoms with van der Waals surface area (Å²) >= 11 is 4.63. The van der Waals surface area contributed by atoms with Gasteiger partial charge in [-0.2, -0.15) is 0 Å². The Morgan fingerprint density at radius 1 is 0.478 bits per heavy atom. The first-order valence-electron chi connectivity index (χ1n) is 7.18. The van der Waals surface area contributed by atoms with Crippen LogP contribution in [0.1, 0.15) is 0 Å². The van der Waals surface area contributed by atoms with E-state index in [1.54, 1.807) is 0 Å². The third-order valence-electron chi connectivity index (χ3n) is 2.97. The van der Waals surface area contributed by atoms with Crippen LogP contribution in [0, 0.1) is 0 Å². The Morgan fingerprint density at radius 2 is 0.739 bits per heavy atom. The molecule has 0 spiro atoms. The molecule has 0 saturated carbocycles. The van der Waals surface area contributed by atoms with Gasteiger partial charge in [0.05, 0.1) is 0 Å². The van der Waals surface area contributed by atoms with Crippen molar-refractivity contribution in [1.29, 1.82) is 0 Å². The first-order chi connectivity index (χ1) is 11.2. The number of para-hydroxylation sites is 3. The zero-order valence-corrected chi connectivity index (χ0v) is 14.2. The van der Waals surface area contributed by atoms with E-state index in [9.17, 15) is 0 Å². The number of thiol groups is 1. The standard InChI is InChI=1S/C18H17O3PS/c23-22(19-16-10-4-1-5-11-16,20-17-12-6-2-7-13-17)21-18-14-8-3-9-15-18/h1-15,22-23H. The van der Waals surface area contributed by atoms with Gasteiger partial charge >= 0.3 is 141 Å². The van der Waals surface area contributed by atoms with E-state index < -0.39 is 7.15 Å². The predicted octanol–water partition coefficient (Wildman–Crippen LogP) is 5.56. The Balaban J connectivity index is 1.85. The van der Waals surface area contributed by atoms with Gasteiger partial charge in [-0.25, -0.2) is 0 Å². The summed E-state index contributed by atoms with van der Waals surface area (Å²) in [5.74, 6) is 1.96. The van der Waals surface area contributed by atoms with Crippen molar-refractivity contribution >= 4 is 19.4 Å². The van der Waals surface area contributed by atoms with E-state index in [1.807, 2.05) is 91.0 Å². The van der Waals surface area contributed by atoms with Crippen LogP contribution in [0.5, 0.6) is 17.2 Å². The predicted molar refractivity (Wildman–Crippen MR) is 98.5 cm³/mol. The van der Waals surface area contributed by atoms with E-state index in [1.165, 1.54) is 0 Å². The average molecular weight is 344 g/mol. The number of benzene rings is 3. The van der Waals surface area contributed by atoms with Crippen LogP contribution in [-0.2, 0) is 0 Å². The second kappa shape index (κ2) is 7.40. The Morgan fingerprint density at radius 3 is 1.00 bits per heavy atom. The molecule has 5 heteroatoms. The summed E-state index contributed by atoms with van der Waals surface area (Å²) in [7, 11) is -3.28. The average Bonchev–Trinajstić information content (AvgIpc) is 2.57. The van der Waals surface area contributed by atoms with Gasteiger partial charge in [0.15, 0.2) is 0 Å². The van der Waals surface area contributed by atoms with Gasteiger partial charge in [-0.15, -0.1) is 0 Å². The van der Waals surface area contributed by atoms with Gasteiger partial charge in [-0.05, 0) is 0 Å². The molecule has 3 nitrogen and oxygen atoms in total. The van der Waals surface area contributed by atoms with Gasteiger partial charge < -0.3 is 0 Å². The van der Waals surface area contributed by atoms with Gasteiger partial charge in [0, 0.05) is 0 Å². The van der Waals surface area contributed by atoms with Crippen molar-refractivity contribution in [3.05, 3.63) is 91.0 Å². The Hall–Kier alpha value is -2.16. The van der Waals surface area contributed by atoms with Crippen LogP contribution >= 0.6 is 19.4 Å². The minimum atomic E-state index is -3.28. The maximum absolute atomic E-state index is 5.97. The van der Waals surface area contributed by atoms with Crippen LogP contribution in [0.15, 0.2) is 91.0 Å². The van der Waals surface area contributed by atoms with Crippen molar-refractivity contribution in [2.75, 3.05) is 0 Å². The molecular formula is C18H17O3PS. The summed E-state index contributed by atoms with van der Waals surface area (Å²) in [5.41, 5.74) is 0. The van der Waals surface area contributed by atoms with Crippen LogP contribution in [0.25, 0.3) is 0 Å². The summed E-state index contributed by atoms with van der Waals surface area (Å²) in [6, 6.07) is 28.2. The van der Waals surface area contributed by atoms with E-state index in [4.69, 9.17) is 13.6 Å². The fourth-order valence-corrected chi connectivity index (χ4v) is 4.35. The Kier molecular flexibility index (Phi) is 5.06. The quantitative estimate of drug-likeness (QED) is 0.468. The first kappa shape index (κ1) is 15.7. The van der Waals surface area contributed by atoms with E-state index >= 15 is 0 Å². The second-order valence-electron chi connectivity index (χ2n) is 4.77. The normalized spacial score (nSPS) is 11.5. The zero-order chi connectivity index (χ0) is 16.0. The van der Waals surface area contributed by atoms with Gasteiger partial charge in [-0.1, -0.05) is 0 Å². The van der Waals surface area contributed by atoms with Crippen molar-refractivity contribution in [3.8, 4) is 17.2 Å². The van der Waals surface area contributed by atoms with Gasteiger partial charge in [0.25, 0.3) is 0 Å². The summed E-state index contributed by atoms with van der Waals surface area (Å²) < 4.78 is 17.9. The molecule has 3 rings (SSSR count). The SMILES string of the molecule is S[PH](Oc1ccccc1)(Oc1ccccc1)Oc1ccccc1. The minimum absolute atomic E-state index is 0.654. The molecule has 0 unspecified atom stereocenters. The zero-order valence-electron chi connectivity index (χ0n) is 12.3. The molecule has 0 aromatic heterocycles. The van der Waals surface area contributed by atoms with Crippen molar-refractivity contribution < 1.29 is 13.6 Å². The molecule has 0 fully saturated rings. The molecular weight excluding hydrogens is 327 g/mol. The van der Waals surface area contributed by atoms with Gasteiger partial charge in [-0.3, -0.25) is 0 Å². The van der Waals surface area contributed by atoms with Crippen LogP contribution in [0.3, 0.4) is 0 Å². The van der Waals surface area contributed by atoms with Crippen LogP contribution in [0.2, 0.25) is 0 Å². The fraction of sp³-hybridized carbons (Fsp3) is 0. The molecule has 0 aliphatic rings. The van der Waals surface area contributed by atoms with Crippen molar-refractivity contribution in [1.82, 2.24) is 0 Å². The van der Waals surface area contributed by atoms with E-state index in [2.05, 4.69) is 12.2 Å². The number of hydrogen-bond donors (Lipinski definition) is 1. The molecule has 0 N–H and O–H groups in total. The number of rotatable bonds is 6. The van der Waals surface area contributed by atoms with Crippen LogP contribution in [-0.4, -0.2) is 0 Å². The third kappa shape index (κ3) is 4.65. The van der Waals surface area contributed by atoms with Crippen molar-refractivity contribution in [2.24, 2.45) is 0 Å². The molecule has 0 saturated heterocycles. The van der Waals surface area contributed by atoms with Crippen molar-refractivity contribution in [2.45, 2.75) is 0 Å². The van der Waals surface area contributed by atoms with E-state index in [-0.39, 0.29) is 0 Å². The third-order valence-corrected chi connectivity index (χ3v) is 5.27. The molecule has 0 atom stereocenters. The number of hydrogen-bond acceptors (Lipinski definition) is 4. The van der Waals surface area contributed by atoms with E-state index in [0.29, 0.717) is 17.2 Å². The molecule has 0 aliphatic carbocycles. The molecule has 0 bridgehead atoms. The summed E-state index contributed by atoms with van der Waals surface area (Å²) in [4.78, 5) is 0. The second-order valence-corrected chi connectivity index (χ2v) is 8.07. The molecule has 0 heterocycles. The first-order valence-corrected chi connectivity index (χ1v) is 10.2. The summed E-state index contributed by atoms with van der Waals surface area (Å²) in [5, 5.41) is 0. The van der Waals surface area contributed by atoms with Crippen LogP contribution in [0.4, 0.5) is 0 Å². The Labute approximate surface area is 141 Å². The summed E-state index contributed by atoms with van der Waals surface area (Å²) in [6.45, 7) is 0. The molecule has 0 amide bonds. The van der Waals surface area contributed by atoms with Gasteiger partial charge in [0.2, 0.25) is 0 Å². The Bertz CT molecular complexity index is 622. The molecule has 0 aliphatic heterocycles. The van der Waals surface area contributed by atoms with E-state index in [0.717, 1.165) is 0 Å². The monoisotopic (exact) mass is 344 g/mol. The maximum atomic E-state index is 5.97. The topological polar surface area (TPSA) is 27.7 Å². The summed E-state index contributed by atoms with van der Waals surface area (Å²) in [6.07, 6.45) is 0. The molecule has 3 aromatic carbocycles. The molecule has 23 heavy (non-hydrogen) atoms. The fourth-order valence-electron chi connectivity index (χ4n) is 1.97. The van der Waals surface area contributed by atoms with Crippen LogP contribution < -0.4 is 13.6 Å². The molecule has 118 valence electrons. The molecule has 3 aromatic rings. The molecule has 0 radical (unpaired) electrons. The van der Waals surface area contributed by atoms with Crippen molar-refractivity contribution in [3.63, 3.8) is 0 Å².